The molecule has 0 heterocycles. The van der Waals surface area contributed by atoms with Crippen molar-refractivity contribution < 1.29 is 4.79 Å². The average Bonchev–Trinajstić information content (AvgIpc) is 2.47. The molecule has 2 heteroatoms. The van der Waals surface area contributed by atoms with E-state index in [0.717, 1.165) is 16.7 Å². The molecule has 2 nitrogen and oxygen atoms in total. The lowest BCUT2D eigenvalue weighted by Gasteiger charge is -2.04. The normalized spacial score (nSPS) is 11.1. The topological polar surface area (TPSA) is 29.1 Å². The van der Waals surface area contributed by atoms with E-state index in [1.807, 2.05) is 67.6 Å². The molecule has 0 spiro atoms. The Morgan fingerprint density at radius 3 is 2.21 bits per heavy atom. The molecule has 96 valence electrons. The highest BCUT2D eigenvalue weighted by molar-refractivity contribution is 5.94. The van der Waals surface area contributed by atoms with Gasteiger partial charge in [-0.3, -0.25) is 4.79 Å². The molecule has 0 saturated heterocycles. The fourth-order valence-electron chi connectivity index (χ4n) is 1.82. The SMILES string of the molecule is C/C(=C\C(=O)NCc1ccccc1)c1ccccc1. The van der Waals surface area contributed by atoms with Crippen molar-refractivity contribution in [2.24, 2.45) is 0 Å². The summed E-state index contributed by atoms with van der Waals surface area (Å²) in [5, 5.41) is 2.88. The lowest BCUT2D eigenvalue weighted by Crippen LogP contribution is -2.20. The average molecular weight is 251 g/mol. The van der Waals surface area contributed by atoms with Gasteiger partial charge in [0.15, 0.2) is 0 Å². The molecule has 0 aliphatic rings. The molecule has 1 N–H and O–H groups in total. The highest BCUT2D eigenvalue weighted by Gasteiger charge is 2.00. The minimum absolute atomic E-state index is 0.0646. The minimum atomic E-state index is -0.0646. The Bertz CT molecular complexity index is 558. The number of hydrogen-bond donors (Lipinski definition) is 1. The molecule has 19 heavy (non-hydrogen) atoms. The molecule has 2 rings (SSSR count). The number of nitrogens with one attached hydrogen (secondary N) is 1. The number of allylic oxidation sites excluding steroid dienone is 1. The number of rotatable bonds is 4. The predicted molar refractivity (Wildman–Crippen MR) is 78.4 cm³/mol. The summed E-state index contributed by atoms with van der Waals surface area (Å²) >= 11 is 0. The maximum absolute atomic E-state index is 11.8. The summed E-state index contributed by atoms with van der Waals surface area (Å²) in [7, 11) is 0. The molecule has 0 unspecified atom stereocenters. The second kappa shape index (κ2) is 6.55. The molecule has 0 saturated carbocycles. The zero-order valence-electron chi connectivity index (χ0n) is 11.0. The van der Waals surface area contributed by atoms with Gasteiger partial charge in [0.25, 0.3) is 0 Å². The monoisotopic (exact) mass is 251 g/mol. The standard InChI is InChI=1S/C17H17NO/c1-14(16-10-6-3-7-11-16)12-17(19)18-13-15-8-4-2-5-9-15/h2-12H,13H2,1H3,(H,18,19)/b14-12+. The molecule has 0 aliphatic carbocycles. The zero-order valence-corrected chi connectivity index (χ0v) is 11.0. The van der Waals surface area contributed by atoms with Crippen LogP contribution in [0.2, 0.25) is 0 Å². The summed E-state index contributed by atoms with van der Waals surface area (Å²) < 4.78 is 0. The number of amides is 1. The quantitative estimate of drug-likeness (QED) is 0.829. The van der Waals surface area contributed by atoms with E-state index in [2.05, 4.69) is 5.32 Å². The van der Waals surface area contributed by atoms with Gasteiger partial charge in [0.1, 0.15) is 0 Å². The van der Waals surface area contributed by atoms with E-state index < -0.39 is 0 Å². The molecule has 2 aromatic rings. The molecule has 1 amide bonds. The van der Waals surface area contributed by atoms with E-state index in [9.17, 15) is 4.79 Å². The van der Waals surface area contributed by atoms with Crippen molar-refractivity contribution in [1.29, 1.82) is 0 Å². The summed E-state index contributed by atoms with van der Waals surface area (Å²) in [6.07, 6.45) is 1.64. The van der Waals surface area contributed by atoms with E-state index in [-0.39, 0.29) is 5.91 Å². The van der Waals surface area contributed by atoms with Gasteiger partial charge in [-0.05, 0) is 23.6 Å². The van der Waals surface area contributed by atoms with Gasteiger partial charge in [0.2, 0.25) is 5.91 Å². The molecular formula is C17H17NO. The van der Waals surface area contributed by atoms with E-state index in [1.165, 1.54) is 0 Å². The molecular weight excluding hydrogens is 234 g/mol. The zero-order chi connectivity index (χ0) is 13.5. The Balaban J connectivity index is 1.94. The van der Waals surface area contributed by atoms with Crippen molar-refractivity contribution in [3.05, 3.63) is 77.9 Å². The summed E-state index contributed by atoms with van der Waals surface area (Å²) in [6, 6.07) is 19.8. The van der Waals surface area contributed by atoms with Gasteiger partial charge >= 0.3 is 0 Å². The first-order valence-electron chi connectivity index (χ1n) is 6.31. The first kappa shape index (κ1) is 13.1. The van der Waals surface area contributed by atoms with Crippen molar-refractivity contribution in [3.8, 4) is 0 Å². The van der Waals surface area contributed by atoms with Crippen molar-refractivity contribution >= 4 is 11.5 Å². The van der Waals surface area contributed by atoms with Gasteiger partial charge in [-0.2, -0.15) is 0 Å². The largest absolute Gasteiger partial charge is 0.348 e. The lowest BCUT2D eigenvalue weighted by molar-refractivity contribution is -0.116. The molecule has 0 atom stereocenters. The van der Waals surface area contributed by atoms with Crippen LogP contribution in [0.5, 0.6) is 0 Å². The fourth-order valence-corrected chi connectivity index (χ4v) is 1.82. The van der Waals surface area contributed by atoms with Crippen molar-refractivity contribution in [3.63, 3.8) is 0 Å². The van der Waals surface area contributed by atoms with E-state index >= 15 is 0 Å². The van der Waals surface area contributed by atoms with E-state index in [1.54, 1.807) is 6.08 Å². The third-order valence-corrected chi connectivity index (χ3v) is 2.89. The first-order valence-corrected chi connectivity index (χ1v) is 6.31. The number of carbonyl (C=O) groups is 1. The van der Waals surface area contributed by atoms with Crippen molar-refractivity contribution in [1.82, 2.24) is 5.32 Å². The molecule has 0 radical (unpaired) electrons. The minimum Gasteiger partial charge on any atom is -0.348 e. The summed E-state index contributed by atoms with van der Waals surface area (Å²) in [4.78, 5) is 11.8. The maximum Gasteiger partial charge on any atom is 0.244 e. The predicted octanol–water partition coefficient (Wildman–Crippen LogP) is 3.41. The van der Waals surface area contributed by atoms with Crippen LogP contribution in [0.4, 0.5) is 0 Å². The van der Waals surface area contributed by atoms with Crippen LogP contribution >= 0.6 is 0 Å². The van der Waals surface area contributed by atoms with Crippen LogP contribution in [0.3, 0.4) is 0 Å². The lowest BCUT2D eigenvalue weighted by atomic mass is 10.1. The second-order valence-electron chi connectivity index (χ2n) is 4.40. The summed E-state index contributed by atoms with van der Waals surface area (Å²) in [5.41, 5.74) is 3.13. The third kappa shape index (κ3) is 4.11. The van der Waals surface area contributed by atoms with Crippen LogP contribution in [-0.2, 0) is 11.3 Å². The van der Waals surface area contributed by atoms with E-state index in [4.69, 9.17) is 0 Å². The summed E-state index contributed by atoms with van der Waals surface area (Å²) in [6.45, 7) is 2.50. The number of carbonyl (C=O) groups excluding carboxylic acids is 1. The highest BCUT2D eigenvalue weighted by atomic mass is 16.1. The van der Waals surface area contributed by atoms with Crippen LogP contribution in [-0.4, -0.2) is 5.91 Å². The van der Waals surface area contributed by atoms with Gasteiger partial charge in [-0.15, -0.1) is 0 Å². The highest BCUT2D eigenvalue weighted by Crippen LogP contribution is 2.12. The first-order chi connectivity index (χ1) is 9.25. The molecule has 2 aromatic carbocycles. The van der Waals surface area contributed by atoms with Gasteiger partial charge < -0.3 is 5.32 Å². The molecule has 0 aliphatic heterocycles. The Morgan fingerprint density at radius 1 is 1.00 bits per heavy atom. The van der Waals surface area contributed by atoms with Crippen LogP contribution in [0.25, 0.3) is 5.57 Å². The Kier molecular flexibility index (Phi) is 4.51. The van der Waals surface area contributed by atoms with Crippen LogP contribution in [0.15, 0.2) is 66.7 Å². The summed E-state index contributed by atoms with van der Waals surface area (Å²) in [5.74, 6) is -0.0646. The molecule has 0 bridgehead atoms. The smallest absolute Gasteiger partial charge is 0.244 e. The molecule has 0 fully saturated rings. The number of hydrogen-bond acceptors (Lipinski definition) is 1. The Hall–Kier alpha value is -2.35. The van der Waals surface area contributed by atoms with Crippen LogP contribution < -0.4 is 5.32 Å². The second-order valence-corrected chi connectivity index (χ2v) is 4.40. The van der Waals surface area contributed by atoms with Gasteiger partial charge in [0, 0.05) is 12.6 Å². The van der Waals surface area contributed by atoms with E-state index in [0.29, 0.717) is 6.54 Å². The number of benzene rings is 2. The Morgan fingerprint density at radius 2 is 1.58 bits per heavy atom. The molecule has 0 aromatic heterocycles. The van der Waals surface area contributed by atoms with Gasteiger partial charge in [-0.25, -0.2) is 0 Å². The van der Waals surface area contributed by atoms with Crippen LogP contribution in [0.1, 0.15) is 18.1 Å². The van der Waals surface area contributed by atoms with Crippen molar-refractivity contribution in [2.45, 2.75) is 13.5 Å². The third-order valence-electron chi connectivity index (χ3n) is 2.89. The maximum atomic E-state index is 11.8. The van der Waals surface area contributed by atoms with Crippen LogP contribution in [0, 0.1) is 0 Å². The Labute approximate surface area is 113 Å². The van der Waals surface area contributed by atoms with Gasteiger partial charge in [0.05, 0.1) is 0 Å². The fraction of sp³-hybridized carbons (Fsp3) is 0.118. The van der Waals surface area contributed by atoms with Gasteiger partial charge in [-0.1, -0.05) is 60.7 Å². The van der Waals surface area contributed by atoms with Crippen molar-refractivity contribution in [2.75, 3.05) is 0 Å².